The average Bonchev–Trinajstić information content (AvgIpc) is 2.15. The van der Waals surface area contributed by atoms with Gasteiger partial charge in [0.05, 0.1) is 11.8 Å². The summed E-state index contributed by atoms with van der Waals surface area (Å²) < 4.78 is 36.8. The van der Waals surface area contributed by atoms with Gasteiger partial charge in [0.1, 0.15) is 0 Å². The van der Waals surface area contributed by atoms with E-state index in [-0.39, 0.29) is 19.5 Å². The van der Waals surface area contributed by atoms with E-state index in [2.05, 4.69) is 5.32 Å². The van der Waals surface area contributed by atoms with Crippen molar-refractivity contribution in [3.8, 4) is 0 Å². The van der Waals surface area contributed by atoms with E-state index in [1.54, 1.807) is 0 Å². The van der Waals surface area contributed by atoms with Crippen LogP contribution >= 0.6 is 0 Å². The van der Waals surface area contributed by atoms with E-state index in [1.807, 2.05) is 0 Å². The van der Waals surface area contributed by atoms with Gasteiger partial charge < -0.3 is 15.5 Å². The molecule has 1 aliphatic heterocycles. The maximum absolute atomic E-state index is 12.3. The number of rotatable bonds is 1. The Hall–Kier alpha value is -1.31. The molecule has 2 atom stereocenters. The number of nitrogens with one attached hydrogen (secondary N) is 1. The minimum absolute atomic E-state index is 0.0977. The van der Waals surface area contributed by atoms with Crippen LogP contribution in [0, 0.1) is 11.8 Å². The first-order valence-corrected chi connectivity index (χ1v) is 4.86. The summed E-state index contributed by atoms with van der Waals surface area (Å²) in [6.45, 7) is 1.22. The highest BCUT2D eigenvalue weighted by Crippen LogP contribution is 2.35. The number of hydrogen-bond acceptors (Lipinski definition) is 3. The zero-order chi connectivity index (χ0) is 13.6. The molecule has 0 amide bonds. The Morgan fingerprint density at radius 2 is 1.76 bits per heavy atom. The first kappa shape index (κ1) is 15.7. The first-order chi connectivity index (χ1) is 7.66. The Bertz CT molecular complexity index is 276. The van der Waals surface area contributed by atoms with Crippen molar-refractivity contribution >= 4 is 11.9 Å². The Morgan fingerprint density at radius 1 is 1.29 bits per heavy atom. The molecule has 0 aromatic heterocycles. The molecule has 8 heteroatoms. The Kier molecular flexibility index (Phi) is 5.94. The number of alkyl halides is 3. The van der Waals surface area contributed by atoms with Crippen LogP contribution in [0.25, 0.3) is 0 Å². The SMILES string of the molecule is CC(=O)O.O=C(O)C1CNCCC1C(F)(F)F. The highest BCUT2D eigenvalue weighted by molar-refractivity contribution is 5.71. The number of piperidine rings is 1. The molecule has 1 rings (SSSR count). The van der Waals surface area contributed by atoms with Gasteiger partial charge in [-0.15, -0.1) is 0 Å². The number of hydrogen-bond donors (Lipinski definition) is 3. The molecule has 0 aromatic rings. The molecule has 0 aliphatic carbocycles. The smallest absolute Gasteiger partial charge is 0.392 e. The molecule has 0 bridgehead atoms. The minimum Gasteiger partial charge on any atom is -0.481 e. The third-order valence-electron chi connectivity index (χ3n) is 2.22. The number of aliphatic carboxylic acids is 2. The quantitative estimate of drug-likeness (QED) is 0.651. The summed E-state index contributed by atoms with van der Waals surface area (Å²) in [5.74, 6) is -5.26. The number of carbonyl (C=O) groups is 2. The Morgan fingerprint density at radius 3 is 2.06 bits per heavy atom. The summed E-state index contributed by atoms with van der Waals surface area (Å²) in [4.78, 5) is 19.5. The largest absolute Gasteiger partial charge is 0.481 e. The number of carboxylic acids is 2. The fourth-order valence-electron chi connectivity index (χ4n) is 1.51. The van der Waals surface area contributed by atoms with Crippen LogP contribution in [0.5, 0.6) is 0 Å². The van der Waals surface area contributed by atoms with Gasteiger partial charge in [0, 0.05) is 13.5 Å². The lowest BCUT2D eigenvalue weighted by Crippen LogP contribution is -2.46. The summed E-state index contributed by atoms with van der Waals surface area (Å²) >= 11 is 0. The summed E-state index contributed by atoms with van der Waals surface area (Å²) in [6.07, 6.45) is -4.55. The zero-order valence-corrected chi connectivity index (χ0v) is 9.12. The molecule has 0 radical (unpaired) electrons. The molecule has 1 aliphatic rings. The van der Waals surface area contributed by atoms with Crippen molar-refractivity contribution in [2.24, 2.45) is 11.8 Å². The average molecular weight is 257 g/mol. The molecule has 17 heavy (non-hydrogen) atoms. The second kappa shape index (κ2) is 6.43. The van der Waals surface area contributed by atoms with Crippen LogP contribution in [0.15, 0.2) is 0 Å². The van der Waals surface area contributed by atoms with Gasteiger partial charge >= 0.3 is 12.1 Å². The van der Waals surface area contributed by atoms with E-state index < -0.39 is 30.0 Å². The summed E-state index contributed by atoms with van der Waals surface area (Å²) in [6, 6.07) is 0. The highest BCUT2D eigenvalue weighted by Gasteiger charge is 2.48. The number of carboxylic acid groups (broad SMARTS) is 2. The van der Waals surface area contributed by atoms with E-state index >= 15 is 0 Å². The topological polar surface area (TPSA) is 86.6 Å². The van der Waals surface area contributed by atoms with Gasteiger partial charge in [-0.05, 0) is 13.0 Å². The maximum Gasteiger partial charge on any atom is 0.392 e. The van der Waals surface area contributed by atoms with Crippen LogP contribution < -0.4 is 5.32 Å². The molecular weight excluding hydrogens is 243 g/mol. The van der Waals surface area contributed by atoms with Crippen molar-refractivity contribution < 1.29 is 33.0 Å². The third kappa shape index (κ3) is 6.10. The van der Waals surface area contributed by atoms with Crippen molar-refractivity contribution in [1.29, 1.82) is 0 Å². The van der Waals surface area contributed by atoms with E-state index in [0.29, 0.717) is 0 Å². The molecule has 5 nitrogen and oxygen atoms in total. The lowest BCUT2D eigenvalue weighted by Gasteiger charge is -2.30. The van der Waals surface area contributed by atoms with Crippen LogP contribution in [0.3, 0.4) is 0 Å². The lowest BCUT2D eigenvalue weighted by atomic mass is 9.86. The summed E-state index contributed by atoms with van der Waals surface area (Å²) in [7, 11) is 0. The van der Waals surface area contributed by atoms with E-state index in [9.17, 15) is 18.0 Å². The van der Waals surface area contributed by atoms with Gasteiger partial charge in [0.2, 0.25) is 0 Å². The molecule has 2 unspecified atom stereocenters. The van der Waals surface area contributed by atoms with E-state index in [1.165, 1.54) is 0 Å². The lowest BCUT2D eigenvalue weighted by molar-refractivity contribution is -0.201. The molecule has 1 fully saturated rings. The van der Waals surface area contributed by atoms with E-state index in [0.717, 1.165) is 6.92 Å². The summed E-state index contributed by atoms with van der Waals surface area (Å²) in [5, 5.41) is 18.6. The van der Waals surface area contributed by atoms with E-state index in [4.69, 9.17) is 15.0 Å². The molecule has 1 heterocycles. The van der Waals surface area contributed by atoms with Crippen molar-refractivity contribution in [3.05, 3.63) is 0 Å². The Balaban J connectivity index is 0.000000557. The van der Waals surface area contributed by atoms with Gasteiger partial charge in [-0.3, -0.25) is 9.59 Å². The monoisotopic (exact) mass is 257 g/mol. The minimum atomic E-state index is -4.40. The fraction of sp³-hybridized carbons (Fsp3) is 0.778. The van der Waals surface area contributed by atoms with Crippen molar-refractivity contribution in [1.82, 2.24) is 5.32 Å². The summed E-state index contributed by atoms with van der Waals surface area (Å²) in [5.41, 5.74) is 0. The van der Waals surface area contributed by atoms with Crippen molar-refractivity contribution in [3.63, 3.8) is 0 Å². The molecule has 3 N–H and O–H groups in total. The predicted octanol–water partition coefficient (Wildman–Crippen LogP) is 0.950. The predicted molar refractivity (Wildman–Crippen MR) is 51.5 cm³/mol. The van der Waals surface area contributed by atoms with Crippen molar-refractivity contribution in [2.75, 3.05) is 13.1 Å². The molecule has 0 spiro atoms. The van der Waals surface area contributed by atoms with Crippen LogP contribution in [0.1, 0.15) is 13.3 Å². The molecule has 0 saturated carbocycles. The van der Waals surface area contributed by atoms with Gasteiger partial charge in [0.15, 0.2) is 0 Å². The second-order valence-corrected chi connectivity index (χ2v) is 3.60. The normalized spacial score (nSPS) is 24.5. The van der Waals surface area contributed by atoms with Crippen LogP contribution in [-0.2, 0) is 9.59 Å². The zero-order valence-electron chi connectivity index (χ0n) is 9.12. The second-order valence-electron chi connectivity index (χ2n) is 3.60. The van der Waals surface area contributed by atoms with Crippen LogP contribution in [0.2, 0.25) is 0 Å². The van der Waals surface area contributed by atoms with Crippen LogP contribution in [0.4, 0.5) is 13.2 Å². The van der Waals surface area contributed by atoms with Gasteiger partial charge in [-0.1, -0.05) is 0 Å². The first-order valence-electron chi connectivity index (χ1n) is 4.86. The van der Waals surface area contributed by atoms with Crippen molar-refractivity contribution in [2.45, 2.75) is 19.5 Å². The molecular formula is C9H14F3NO4. The fourth-order valence-corrected chi connectivity index (χ4v) is 1.51. The molecule has 1 saturated heterocycles. The van der Waals surface area contributed by atoms with Crippen LogP contribution in [-0.4, -0.2) is 41.4 Å². The van der Waals surface area contributed by atoms with Gasteiger partial charge in [-0.25, -0.2) is 0 Å². The standard InChI is InChI=1S/C7H10F3NO2.C2H4O2/c8-7(9,10)5-1-2-11-3-4(5)6(12)13;1-2(3)4/h4-5,11H,1-3H2,(H,12,13);1H3,(H,3,4). The van der Waals surface area contributed by atoms with Gasteiger partial charge in [0.25, 0.3) is 5.97 Å². The third-order valence-corrected chi connectivity index (χ3v) is 2.22. The molecule has 0 aromatic carbocycles. The Labute approximate surface area is 95.6 Å². The highest BCUT2D eigenvalue weighted by atomic mass is 19.4. The van der Waals surface area contributed by atoms with Gasteiger partial charge in [-0.2, -0.15) is 13.2 Å². The maximum atomic E-state index is 12.3. The molecule has 100 valence electrons. The number of halogens is 3.